The molecule has 0 amide bonds. The number of nitrogens with two attached hydrogens (primary N) is 1. The molecular weight excluding hydrogens is 309 g/mol. The first kappa shape index (κ1) is 15.0. The fourth-order valence-electron chi connectivity index (χ4n) is 3.37. The minimum Gasteiger partial charge on any atom is -0.479 e. The standard InChI is InChI=1S/C18H18FN3O2/c1-9-13-8-11(19)5-6-12(13)16(15(9)23)24-14-4-3-7-22-17(20)10(2)21-18(14)22/h3-9,15-16,23H,20H2,1-2H3. The highest BCUT2D eigenvalue weighted by molar-refractivity contribution is 5.61. The lowest BCUT2D eigenvalue weighted by Crippen LogP contribution is -2.21. The number of fused-ring (bicyclic) bond motifs is 2. The number of aliphatic hydroxyl groups is 1. The lowest BCUT2D eigenvalue weighted by Gasteiger charge is -2.20. The third-order valence-electron chi connectivity index (χ3n) is 4.76. The molecule has 24 heavy (non-hydrogen) atoms. The van der Waals surface area contributed by atoms with E-state index in [0.717, 1.165) is 11.1 Å². The van der Waals surface area contributed by atoms with Gasteiger partial charge in [-0.15, -0.1) is 0 Å². The Labute approximate surface area is 138 Å². The number of aryl methyl sites for hydroxylation is 1. The second-order valence-electron chi connectivity index (χ2n) is 6.24. The highest BCUT2D eigenvalue weighted by Crippen LogP contribution is 2.43. The number of benzene rings is 1. The van der Waals surface area contributed by atoms with E-state index in [1.807, 2.05) is 26.1 Å². The van der Waals surface area contributed by atoms with Crippen molar-refractivity contribution >= 4 is 11.5 Å². The van der Waals surface area contributed by atoms with Crippen molar-refractivity contribution in [3.8, 4) is 5.75 Å². The molecule has 0 radical (unpaired) electrons. The molecule has 0 bridgehead atoms. The predicted octanol–water partition coefficient (Wildman–Crippen LogP) is 2.96. The molecule has 1 aliphatic carbocycles. The molecule has 0 saturated heterocycles. The number of aliphatic hydroxyl groups excluding tert-OH is 1. The first-order chi connectivity index (χ1) is 11.5. The van der Waals surface area contributed by atoms with Crippen LogP contribution >= 0.6 is 0 Å². The topological polar surface area (TPSA) is 72.8 Å². The molecule has 3 unspecified atom stereocenters. The second-order valence-corrected chi connectivity index (χ2v) is 6.24. The normalized spacial score (nSPS) is 22.8. The van der Waals surface area contributed by atoms with E-state index in [4.69, 9.17) is 10.5 Å². The van der Waals surface area contributed by atoms with E-state index in [-0.39, 0.29) is 11.7 Å². The Bertz CT molecular complexity index is 937. The van der Waals surface area contributed by atoms with Gasteiger partial charge in [0.2, 0.25) is 0 Å². The minimum absolute atomic E-state index is 0.202. The van der Waals surface area contributed by atoms with Crippen molar-refractivity contribution in [3.63, 3.8) is 0 Å². The Morgan fingerprint density at radius 1 is 1.29 bits per heavy atom. The van der Waals surface area contributed by atoms with Crippen LogP contribution in [0.3, 0.4) is 0 Å². The van der Waals surface area contributed by atoms with Crippen molar-refractivity contribution in [3.05, 3.63) is 59.2 Å². The number of nitrogens with zero attached hydrogens (tertiary/aromatic N) is 2. The summed E-state index contributed by atoms with van der Waals surface area (Å²) in [6, 6.07) is 8.13. The van der Waals surface area contributed by atoms with Gasteiger partial charge in [0.05, 0.1) is 5.69 Å². The molecule has 6 heteroatoms. The van der Waals surface area contributed by atoms with Crippen LogP contribution in [0.5, 0.6) is 5.75 Å². The summed E-state index contributed by atoms with van der Waals surface area (Å²) in [7, 11) is 0. The van der Waals surface area contributed by atoms with E-state index in [1.165, 1.54) is 12.1 Å². The van der Waals surface area contributed by atoms with Gasteiger partial charge in [-0.3, -0.25) is 4.40 Å². The summed E-state index contributed by atoms with van der Waals surface area (Å²) >= 11 is 0. The number of pyridine rings is 1. The largest absolute Gasteiger partial charge is 0.479 e. The molecule has 3 N–H and O–H groups in total. The number of nitrogen functional groups attached to an aromatic ring is 1. The van der Waals surface area contributed by atoms with Crippen LogP contribution in [-0.4, -0.2) is 20.6 Å². The molecule has 124 valence electrons. The van der Waals surface area contributed by atoms with Gasteiger partial charge in [-0.2, -0.15) is 0 Å². The maximum atomic E-state index is 13.5. The zero-order chi connectivity index (χ0) is 17.0. The highest BCUT2D eigenvalue weighted by Gasteiger charge is 2.39. The lowest BCUT2D eigenvalue weighted by molar-refractivity contribution is 0.0368. The Balaban J connectivity index is 1.78. The second kappa shape index (κ2) is 5.21. The van der Waals surface area contributed by atoms with Crippen LogP contribution in [0.25, 0.3) is 5.65 Å². The summed E-state index contributed by atoms with van der Waals surface area (Å²) in [6.45, 7) is 3.70. The monoisotopic (exact) mass is 327 g/mol. The summed E-state index contributed by atoms with van der Waals surface area (Å²) in [5, 5.41) is 10.6. The number of ether oxygens (including phenoxy) is 1. The first-order valence-corrected chi connectivity index (χ1v) is 7.84. The quantitative estimate of drug-likeness (QED) is 0.759. The first-order valence-electron chi connectivity index (χ1n) is 7.84. The molecule has 0 aliphatic heterocycles. The van der Waals surface area contributed by atoms with Gasteiger partial charge in [0, 0.05) is 12.1 Å². The fraction of sp³-hybridized carbons (Fsp3) is 0.278. The summed E-state index contributed by atoms with van der Waals surface area (Å²) in [4.78, 5) is 4.44. The Hall–Kier alpha value is -2.60. The van der Waals surface area contributed by atoms with Crippen LogP contribution in [0.4, 0.5) is 10.2 Å². The number of aromatic nitrogens is 2. The van der Waals surface area contributed by atoms with E-state index in [2.05, 4.69) is 4.98 Å². The van der Waals surface area contributed by atoms with Crippen molar-refractivity contribution in [2.75, 3.05) is 5.73 Å². The van der Waals surface area contributed by atoms with E-state index in [9.17, 15) is 9.50 Å². The molecule has 1 aromatic carbocycles. The molecule has 1 aliphatic rings. The average molecular weight is 327 g/mol. The van der Waals surface area contributed by atoms with Crippen LogP contribution in [-0.2, 0) is 0 Å². The Morgan fingerprint density at radius 2 is 2.08 bits per heavy atom. The smallest absolute Gasteiger partial charge is 0.181 e. The van der Waals surface area contributed by atoms with Crippen LogP contribution in [0.15, 0.2) is 36.5 Å². The zero-order valence-corrected chi connectivity index (χ0v) is 13.4. The van der Waals surface area contributed by atoms with Crippen molar-refractivity contribution in [1.29, 1.82) is 0 Å². The van der Waals surface area contributed by atoms with Crippen molar-refractivity contribution in [1.82, 2.24) is 9.38 Å². The zero-order valence-electron chi connectivity index (χ0n) is 13.4. The maximum absolute atomic E-state index is 13.5. The van der Waals surface area contributed by atoms with E-state index in [0.29, 0.717) is 22.9 Å². The van der Waals surface area contributed by atoms with Gasteiger partial charge in [-0.05, 0) is 42.3 Å². The molecular formula is C18H18FN3O2. The van der Waals surface area contributed by atoms with Crippen LogP contribution in [0.2, 0.25) is 0 Å². The van der Waals surface area contributed by atoms with E-state index in [1.54, 1.807) is 16.5 Å². The summed E-state index contributed by atoms with van der Waals surface area (Å²) in [5.74, 6) is 0.572. The predicted molar refractivity (Wildman–Crippen MR) is 88.5 cm³/mol. The Kier molecular flexibility index (Phi) is 3.25. The average Bonchev–Trinajstić information content (AvgIpc) is 2.98. The number of rotatable bonds is 2. The number of anilines is 1. The van der Waals surface area contributed by atoms with Crippen molar-refractivity contribution < 1.29 is 14.2 Å². The van der Waals surface area contributed by atoms with Gasteiger partial charge >= 0.3 is 0 Å². The summed E-state index contributed by atoms with van der Waals surface area (Å²) in [6.07, 6.45) is 0.490. The van der Waals surface area contributed by atoms with E-state index >= 15 is 0 Å². The molecule has 0 fully saturated rings. The summed E-state index contributed by atoms with van der Waals surface area (Å²) in [5.41, 5.74) is 8.91. The number of hydrogen-bond acceptors (Lipinski definition) is 4. The van der Waals surface area contributed by atoms with Gasteiger partial charge in [0.15, 0.2) is 17.5 Å². The minimum atomic E-state index is -0.754. The number of hydrogen-bond donors (Lipinski definition) is 2. The third kappa shape index (κ3) is 2.06. The van der Waals surface area contributed by atoms with Gasteiger partial charge in [-0.1, -0.05) is 13.0 Å². The molecule has 0 spiro atoms. The van der Waals surface area contributed by atoms with E-state index < -0.39 is 12.2 Å². The molecule has 3 atom stereocenters. The molecule has 5 nitrogen and oxygen atoms in total. The highest BCUT2D eigenvalue weighted by atomic mass is 19.1. The van der Waals surface area contributed by atoms with Crippen LogP contribution < -0.4 is 10.5 Å². The van der Waals surface area contributed by atoms with Gasteiger partial charge in [0.1, 0.15) is 17.7 Å². The molecule has 2 aromatic heterocycles. The third-order valence-corrected chi connectivity index (χ3v) is 4.76. The molecule has 2 heterocycles. The molecule has 3 aromatic rings. The maximum Gasteiger partial charge on any atom is 0.181 e. The lowest BCUT2D eigenvalue weighted by atomic mass is 10.0. The van der Waals surface area contributed by atoms with Crippen molar-refractivity contribution in [2.45, 2.75) is 32.0 Å². The van der Waals surface area contributed by atoms with Gasteiger partial charge in [0.25, 0.3) is 0 Å². The van der Waals surface area contributed by atoms with Crippen LogP contribution in [0, 0.1) is 12.7 Å². The fourth-order valence-corrected chi connectivity index (χ4v) is 3.37. The molecule has 0 saturated carbocycles. The van der Waals surface area contributed by atoms with Gasteiger partial charge in [-0.25, -0.2) is 9.37 Å². The molecule has 4 rings (SSSR count). The number of imidazole rings is 1. The van der Waals surface area contributed by atoms with Crippen molar-refractivity contribution in [2.24, 2.45) is 0 Å². The summed E-state index contributed by atoms with van der Waals surface area (Å²) < 4.78 is 21.4. The number of halogens is 1. The van der Waals surface area contributed by atoms with Crippen LogP contribution in [0.1, 0.15) is 35.8 Å². The van der Waals surface area contributed by atoms with Gasteiger partial charge < -0.3 is 15.6 Å². The SMILES string of the molecule is Cc1nc2c(OC3c4ccc(F)cc4C(C)C3O)cccn2c1N. The Morgan fingerprint density at radius 3 is 2.88 bits per heavy atom.